The Hall–Kier alpha value is -3.34. The number of hydrogen-bond acceptors (Lipinski definition) is 5. The van der Waals surface area contributed by atoms with E-state index in [9.17, 15) is 18.0 Å². The van der Waals surface area contributed by atoms with Crippen molar-refractivity contribution in [2.45, 2.75) is 19.6 Å². The van der Waals surface area contributed by atoms with Crippen LogP contribution >= 0.6 is 0 Å². The van der Waals surface area contributed by atoms with Crippen LogP contribution in [0.5, 0.6) is 5.75 Å². The van der Waals surface area contributed by atoms with Gasteiger partial charge >= 0.3 is 6.18 Å². The molecule has 2 heterocycles. The molecule has 0 aliphatic heterocycles. The minimum absolute atomic E-state index is 0.131. The van der Waals surface area contributed by atoms with Gasteiger partial charge in [-0.25, -0.2) is 9.36 Å². The van der Waals surface area contributed by atoms with Crippen molar-refractivity contribution in [3.8, 4) is 5.75 Å². The molecule has 0 aliphatic rings. The molecule has 1 N–H and O–H groups in total. The van der Waals surface area contributed by atoms with E-state index in [0.29, 0.717) is 11.4 Å². The normalized spacial score (nSPS) is 11.4. The molecule has 0 bridgehead atoms. The molecule has 0 saturated heterocycles. The molecule has 11 heteroatoms. The molecule has 3 aromatic rings. The summed E-state index contributed by atoms with van der Waals surface area (Å²) >= 11 is 0. The standard InChI is InChI=1S/C17H16F3N5O3/c18-17(19,20)10-27-11-25-9-13(8-21-25)22-16(26)15-6-7-24(23-15)12-28-14-4-2-1-3-5-14/h1-9H,10-12H2,(H,22,26). The molecule has 1 amide bonds. The number of carbonyl (C=O) groups is 1. The van der Waals surface area contributed by atoms with E-state index >= 15 is 0 Å². The van der Waals surface area contributed by atoms with E-state index in [0.717, 1.165) is 4.68 Å². The number of benzene rings is 1. The summed E-state index contributed by atoms with van der Waals surface area (Å²) in [6, 6.07) is 10.7. The van der Waals surface area contributed by atoms with Gasteiger partial charge in [-0.3, -0.25) is 4.79 Å². The number of amides is 1. The van der Waals surface area contributed by atoms with Crippen molar-refractivity contribution in [3.05, 3.63) is 60.7 Å². The molecule has 1 aromatic carbocycles. The fourth-order valence-corrected chi connectivity index (χ4v) is 2.16. The Bertz CT molecular complexity index is 908. The Morgan fingerprint density at radius 2 is 1.89 bits per heavy atom. The maximum atomic E-state index is 12.2. The zero-order valence-electron chi connectivity index (χ0n) is 14.5. The molecule has 0 unspecified atom stereocenters. The fourth-order valence-electron chi connectivity index (χ4n) is 2.16. The molecule has 148 valence electrons. The van der Waals surface area contributed by atoms with Crippen molar-refractivity contribution in [2.75, 3.05) is 11.9 Å². The van der Waals surface area contributed by atoms with Gasteiger partial charge in [-0.2, -0.15) is 23.4 Å². The smallest absolute Gasteiger partial charge is 0.411 e. The van der Waals surface area contributed by atoms with E-state index in [1.54, 1.807) is 18.3 Å². The van der Waals surface area contributed by atoms with Crippen LogP contribution in [0, 0.1) is 0 Å². The van der Waals surface area contributed by atoms with E-state index in [4.69, 9.17) is 4.74 Å². The highest BCUT2D eigenvalue weighted by molar-refractivity contribution is 6.02. The van der Waals surface area contributed by atoms with Gasteiger partial charge in [-0.05, 0) is 18.2 Å². The van der Waals surface area contributed by atoms with Gasteiger partial charge in [-0.15, -0.1) is 0 Å². The van der Waals surface area contributed by atoms with E-state index in [-0.39, 0.29) is 19.2 Å². The van der Waals surface area contributed by atoms with Crippen molar-refractivity contribution >= 4 is 11.6 Å². The highest BCUT2D eigenvalue weighted by atomic mass is 19.4. The second-order valence-corrected chi connectivity index (χ2v) is 5.64. The van der Waals surface area contributed by atoms with Crippen LogP contribution in [0.3, 0.4) is 0 Å². The Morgan fingerprint density at radius 3 is 2.64 bits per heavy atom. The van der Waals surface area contributed by atoms with Crippen molar-refractivity contribution in [2.24, 2.45) is 0 Å². The number of hydrogen-bond donors (Lipinski definition) is 1. The van der Waals surface area contributed by atoms with Gasteiger partial charge in [0.15, 0.2) is 12.4 Å². The molecular formula is C17H16F3N5O3. The summed E-state index contributed by atoms with van der Waals surface area (Å²) in [6.45, 7) is -1.64. The first-order chi connectivity index (χ1) is 13.4. The second-order valence-electron chi connectivity index (χ2n) is 5.64. The molecular weight excluding hydrogens is 379 g/mol. The number of alkyl halides is 3. The highest BCUT2D eigenvalue weighted by Crippen LogP contribution is 2.15. The first kappa shape index (κ1) is 19.4. The number of halogens is 3. The zero-order valence-corrected chi connectivity index (χ0v) is 14.5. The first-order valence-corrected chi connectivity index (χ1v) is 8.09. The topological polar surface area (TPSA) is 83.2 Å². The maximum absolute atomic E-state index is 12.2. The summed E-state index contributed by atoms with van der Waals surface area (Å²) in [5.41, 5.74) is 0.452. The number of rotatable bonds is 8. The number of aromatic nitrogens is 4. The van der Waals surface area contributed by atoms with E-state index in [2.05, 4.69) is 20.3 Å². The summed E-state index contributed by atoms with van der Waals surface area (Å²) in [7, 11) is 0. The minimum atomic E-state index is -4.41. The van der Waals surface area contributed by atoms with Gasteiger partial charge < -0.3 is 14.8 Å². The molecule has 0 atom stereocenters. The lowest BCUT2D eigenvalue weighted by atomic mass is 10.3. The zero-order chi connectivity index (χ0) is 20.0. The Morgan fingerprint density at radius 1 is 1.11 bits per heavy atom. The summed E-state index contributed by atoms with van der Waals surface area (Å²) in [5, 5.41) is 10.5. The van der Waals surface area contributed by atoms with Crippen molar-refractivity contribution in [1.29, 1.82) is 0 Å². The van der Waals surface area contributed by atoms with Crippen LogP contribution in [0.2, 0.25) is 0 Å². The van der Waals surface area contributed by atoms with Gasteiger partial charge in [0.25, 0.3) is 5.91 Å². The minimum Gasteiger partial charge on any atom is -0.471 e. The number of nitrogens with one attached hydrogen (secondary N) is 1. The number of ether oxygens (including phenoxy) is 2. The molecule has 8 nitrogen and oxygen atoms in total. The van der Waals surface area contributed by atoms with Crippen LogP contribution in [0.15, 0.2) is 55.0 Å². The van der Waals surface area contributed by atoms with Crippen LogP contribution < -0.4 is 10.1 Å². The maximum Gasteiger partial charge on any atom is 0.411 e. The van der Waals surface area contributed by atoms with Crippen molar-refractivity contribution in [1.82, 2.24) is 19.6 Å². The SMILES string of the molecule is O=C(Nc1cnn(COCC(F)(F)F)c1)c1ccn(COc2ccccc2)n1. The molecule has 0 spiro atoms. The van der Waals surface area contributed by atoms with Crippen LogP contribution in [-0.2, 0) is 18.2 Å². The summed E-state index contributed by atoms with van der Waals surface area (Å²) < 4.78 is 48.7. The van der Waals surface area contributed by atoms with E-state index in [1.807, 2.05) is 18.2 Å². The van der Waals surface area contributed by atoms with Crippen LogP contribution in [0.25, 0.3) is 0 Å². The van der Waals surface area contributed by atoms with Crippen LogP contribution in [0.1, 0.15) is 10.5 Å². The van der Waals surface area contributed by atoms with Crippen LogP contribution in [0.4, 0.5) is 18.9 Å². The lowest BCUT2D eigenvalue weighted by Crippen LogP contribution is -2.18. The lowest BCUT2D eigenvalue weighted by Gasteiger charge is -2.07. The van der Waals surface area contributed by atoms with Gasteiger partial charge in [0.2, 0.25) is 0 Å². The van der Waals surface area contributed by atoms with Gasteiger partial charge in [-0.1, -0.05) is 18.2 Å². The number of carbonyl (C=O) groups excluding carboxylic acids is 1. The quantitative estimate of drug-likeness (QED) is 0.634. The van der Waals surface area contributed by atoms with Crippen LogP contribution in [-0.4, -0.2) is 38.3 Å². The first-order valence-electron chi connectivity index (χ1n) is 8.09. The van der Waals surface area contributed by atoms with Crippen molar-refractivity contribution in [3.63, 3.8) is 0 Å². The molecule has 0 radical (unpaired) electrons. The second kappa shape index (κ2) is 8.57. The van der Waals surface area contributed by atoms with Gasteiger partial charge in [0, 0.05) is 6.20 Å². The monoisotopic (exact) mass is 395 g/mol. The highest BCUT2D eigenvalue weighted by Gasteiger charge is 2.27. The molecule has 28 heavy (non-hydrogen) atoms. The Labute approximate surface area is 157 Å². The summed E-state index contributed by atoms with van der Waals surface area (Å²) in [4.78, 5) is 12.2. The molecule has 2 aromatic heterocycles. The third-order valence-corrected chi connectivity index (χ3v) is 3.36. The fraction of sp³-hybridized carbons (Fsp3) is 0.235. The lowest BCUT2D eigenvalue weighted by molar-refractivity contribution is -0.182. The Kier molecular flexibility index (Phi) is 5.94. The number of anilines is 1. The predicted octanol–water partition coefficient (Wildman–Crippen LogP) is 2.90. The molecule has 3 rings (SSSR count). The average Bonchev–Trinajstić information content (AvgIpc) is 3.29. The number of para-hydroxylation sites is 1. The average molecular weight is 395 g/mol. The summed E-state index contributed by atoms with van der Waals surface area (Å²) in [5.74, 6) is 0.179. The molecule has 0 aliphatic carbocycles. The largest absolute Gasteiger partial charge is 0.471 e. The van der Waals surface area contributed by atoms with Crippen molar-refractivity contribution < 1.29 is 27.4 Å². The molecule has 0 saturated carbocycles. The predicted molar refractivity (Wildman–Crippen MR) is 91.5 cm³/mol. The van der Waals surface area contributed by atoms with Gasteiger partial charge in [0.1, 0.15) is 19.1 Å². The summed E-state index contributed by atoms with van der Waals surface area (Å²) in [6.07, 6.45) is -0.173. The van der Waals surface area contributed by atoms with E-state index in [1.165, 1.54) is 23.1 Å². The molecule has 0 fully saturated rings. The number of nitrogens with zero attached hydrogens (tertiary/aromatic N) is 4. The third kappa shape index (κ3) is 5.84. The third-order valence-electron chi connectivity index (χ3n) is 3.36. The van der Waals surface area contributed by atoms with Gasteiger partial charge in [0.05, 0.1) is 18.1 Å². The Balaban J connectivity index is 1.49. The van der Waals surface area contributed by atoms with E-state index < -0.39 is 18.7 Å².